The lowest BCUT2D eigenvalue weighted by Crippen LogP contribution is -2.09. The van der Waals surface area contributed by atoms with Crippen LogP contribution in [0.1, 0.15) is 28.8 Å². The summed E-state index contributed by atoms with van der Waals surface area (Å²) < 4.78 is 2.92. The molecule has 17 heavy (non-hydrogen) atoms. The molecule has 0 bridgehead atoms. The lowest BCUT2D eigenvalue weighted by atomic mass is 10.2. The van der Waals surface area contributed by atoms with Crippen LogP contribution in [0.5, 0.6) is 0 Å². The normalized spacial score (nSPS) is 10.7. The Morgan fingerprint density at radius 1 is 1.59 bits per heavy atom. The lowest BCUT2D eigenvalue weighted by Gasteiger charge is -2.05. The highest BCUT2D eigenvalue weighted by atomic mass is 79.9. The van der Waals surface area contributed by atoms with Crippen molar-refractivity contribution in [1.29, 1.82) is 0 Å². The molecule has 2 rings (SSSR count). The van der Waals surface area contributed by atoms with Gasteiger partial charge in [-0.05, 0) is 33.8 Å². The highest BCUT2D eigenvalue weighted by Gasteiger charge is 2.14. The smallest absolute Gasteiger partial charge is 0.181 e. The summed E-state index contributed by atoms with van der Waals surface area (Å²) in [6.07, 6.45) is 5.09. The van der Waals surface area contributed by atoms with Gasteiger partial charge in [0.05, 0.1) is 11.3 Å². The number of carbonyl (C=O) groups excluding carboxylic acids is 1. The molecule has 3 nitrogen and oxygen atoms in total. The van der Waals surface area contributed by atoms with Crippen molar-refractivity contribution in [3.63, 3.8) is 0 Å². The molecule has 0 aromatic carbocycles. The summed E-state index contributed by atoms with van der Waals surface area (Å²) in [6.45, 7) is 3.02. The third-order valence-corrected chi connectivity index (χ3v) is 4.33. The Morgan fingerprint density at radius 3 is 3.06 bits per heavy atom. The van der Waals surface area contributed by atoms with Crippen molar-refractivity contribution in [3.05, 3.63) is 39.0 Å². The number of Topliss-reactive ketones (excluding diaryl/α,β-unsaturated/α-hetero) is 1. The number of thiophene rings is 1. The van der Waals surface area contributed by atoms with E-state index in [1.54, 1.807) is 6.20 Å². The van der Waals surface area contributed by atoms with Crippen LogP contribution in [-0.4, -0.2) is 15.3 Å². The maximum Gasteiger partial charge on any atom is 0.181 e. The first-order valence-electron chi connectivity index (χ1n) is 5.48. The van der Waals surface area contributed by atoms with Crippen molar-refractivity contribution in [3.8, 4) is 0 Å². The number of hydrogen-bond donors (Lipinski definition) is 0. The van der Waals surface area contributed by atoms with E-state index in [0.29, 0.717) is 6.42 Å². The summed E-state index contributed by atoms with van der Waals surface area (Å²) in [6, 6.07) is 1.90. The summed E-state index contributed by atoms with van der Waals surface area (Å²) in [5.74, 6) is 0.965. The predicted octanol–water partition coefficient (Wildman–Crippen LogP) is 3.54. The minimum Gasteiger partial charge on any atom is -0.335 e. The molecule has 0 radical (unpaired) electrons. The van der Waals surface area contributed by atoms with E-state index in [4.69, 9.17) is 0 Å². The van der Waals surface area contributed by atoms with Crippen LogP contribution in [0.15, 0.2) is 28.3 Å². The van der Waals surface area contributed by atoms with Crippen LogP contribution in [0.2, 0.25) is 0 Å². The van der Waals surface area contributed by atoms with Crippen molar-refractivity contribution < 1.29 is 4.79 Å². The predicted molar refractivity (Wildman–Crippen MR) is 72.6 cm³/mol. The summed E-state index contributed by atoms with van der Waals surface area (Å²) in [7, 11) is 0. The number of rotatable bonds is 5. The zero-order valence-corrected chi connectivity index (χ0v) is 11.9. The van der Waals surface area contributed by atoms with Gasteiger partial charge >= 0.3 is 0 Å². The maximum atomic E-state index is 12.1. The number of aryl methyl sites for hydroxylation is 1. The van der Waals surface area contributed by atoms with Crippen molar-refractivity contribution in [2.75, 3.05) is 0 Å². The Kier molecular flexibility index (Phi) is 4.12. The monoisotopic (exact) mass is 312 g/mol. The first kappa shape index (κ1) is 12.5. The van der Waals surface area contributed by atoms with Crippen molar-refractivity contribution >= 4 is 33.0 Å². The molecule has 0 unspecified atom stereocenters. The topological polar surface area (TPSA) is 34.9 Å². The fourth-order valence-corrected chi connectivity index (χ4v) is 3.20. The average Bonchev–Trinajstić information content (AvgIpc) is 2.89. The van der Waals surface area contributed by atoms with E-state index in [9.17, 15) is 4.79 Å². The molecule has 0 saturated carbocycles. The van der Waals surface area contributed by atoms with Gasteiger partial charge in [0.1, 0.15) is 5.82 Å². The van der Waals surface area contributed by atoms with Gasteiger partial charge < -0.3 is 4.57 Å². The Balaban J connectivity index is 2.13. The number of ketones is 1. The molecular weight excluding hydrogens is 300 g/mol. The molecule has 0 atom stereocenters. The molecule has 2 aromatic heterocycles. The standard InChI is InChI=1S/C12H13BrN2OS/c1-2-5-15-6-4-14-11(15)8-10(16)12-9(13)3-7-17-12/h3-4,6-7H,2,5,8H2,1H3. The molecule has 2 aromatic rings. The third kappa shape index (κ3) is 2.84. The number of carbonyl (C=O) groups is 1. The lowest BCUT2D eigenvalue weighted by molar-refractivity contribution is 0.0993. The number of nitrogens with zero attached hydrogens (tertiary/aromatic N) is 2. The van der Waals surface area contributed by atoms with Crippen LogP contribution in [-0.2, 0) is 13.0 Å². The van der Waals surface area contributed by atoms with Crippen LogP contribution in [0.4, 0.5) is 0 Å². The highest BCUT2D eigenvalue weighted by molar-refractivity contribution is 9.10. The van der Waals surface area contributed by atoms with Crippen molar-refractivity contribution in [2.24, 2.45) is 0 Å². The summed E-state index contributed by atoms with van der Waals surface area (Å²) >= 11 is 4.85. The summed E-state index contributed by atoms with van der Waals surface area (Å²) in [4.78, 5) is 17.1. The maximum absolute atomic E-state index is 12.1. The zero-order valence-electron chi connectivity index (χ0n) is 9.52. The van der Waals surface area contributed by atoms with Crippen molar-refractivity contribution in [2.45, 2.75) is 26.3 Å². The average molecular weight is 313 g/mol. The van der Waals surface area contributed by atoms with Crippen LogP contribution in [0, 0.1) is 0 Å². The van der Waals surface area contributed by atoms with Gasteiger partial charge in [-0.2, -0.15) is 0 Å². The minimum absolute atomic E-state index is 0.121. The minimum atomic E-state index is 0.121. The highest BCUT2D eigenvalue weighted by Crippen LogP contribution is 2.24. The van der Waals surface area contributed by atoms with Gasteiger partial charge in [0.2, 0.25) is 0 Å². The molecule has 0 saturated heterocycles. The molecule has 5 heteroatoms. The van der Waals surface area contributed by atoms with E-state index < -0.39 is 0 Å². The number of imidazole rings is 1. The molecule has 0 aliphatic rings. The summed E-state index contributed by atoms with van der Waals surface area (Å²) in [5.41, 5.74) is 0. The van der Waals surface area contributed by atoms with Crippen LogP contribution < -0.4 is 0 Å². The van der Waals surface area contributed by atoms with E-state index >= 15 is 0 Å². The largest absolute Gasteiger partial charge is 0.335 e. The molecule has 90 valence electrons. The Labute approximate surface area is 113 Å². The van der Waals surface area contributed by atoms with Gasteiger partial charge in [0.15, 0.2) is 5.78 Å². The first-order chi connectivity index (χ1) is 8.22. The van der Waals surface area contributed by atoms with Crippen LogP contribution >= 0.6 is 27.3 Å². The van der Waals surface area contributed by atoms with Gasteiger partial charge in [-0.15, -0.1) is 11.3 Å². The molecule has 2 heterocycles. The first-order valence-corrected chi connectivity index (χ1v) is 7.15. The SMILES string of the molecule is CCCn1ccnc1CC(=O)c1sccc1Br. The number of aromatic nitrogens is 2. The summed E-state index contributed by atoms with van der Waals surface area (Å²) in [5, 5.41) is 1.91. The fraction of sp³-hybridized carbons (Fsp3) is 0.333. The van der Waals surface area contributed by atoms with Gasteiger partial charge in [-0.3, -0.25) is 4.79 Å². The Morgan fingerprint density at radius 2 is 2.41 bits per heavy atom. The second kappa shape index (κ2) is 5.60. The van der Waals surface area contributed by atoms with E-state index in [-0.39, 0.29) is 5.78 Å². The fourth-order valence-electron chi connectivity index (χ4n) is 1.67. The second-order valence-electron chi connectivity index (χ2n) is 3.73. The molecular formula is C12H13BrN2OS. The Hall–Kier alpha value is -0.940. The van der Waals surface area contributed by atoms with E-state index in [1.807, 2.05) is 22.2 Å². The molecule has 0 aliphatic heterocycles. The molecule has 0 fully saturated rings. The van der Waals surface area contributed by atoms with E-state index in [1.165, 1.54) is 11.3 Å². The third-order valence-electron chi connectivity index (χ3n) is 2.46. The molecule has 0 aliphatic carbocycles. The zero-order chi connectivity index (χ0) is 12.3. The van der Waals surface area contributed by atoms with Crippen molar-refractivity contribution in [1.82, 2.24) is 9.55 Å². The van der Waals surface area contributed by atoms with Gasteiger partial charge in [-0.1, -0.05) is 6.92 Å². The quantitative estimate of drug-likeness (QED) is 0.791. The van der Waals surface area contributed by atoms with Gasteiger partial charge in [0.25, 0.3) is 0 Å². The Bertz CT molecular complexity index is 518. The number of hydrogen-bond acceptors (Lipinski definition) is 3. The van der Waals surface area contributed by atoms with Crippen LogP contribution in [0.3, 0.4) is 0 Å². The van der Waals surface area contributed by atoms with E-state index in [2.05, 4.69) is 27.8 Å². The molecule has 0 spiro atoms. The van der Waals surface area contributed by atoms with Gasteiger partial charge in [0, 0.05) is 23.4 Å². The molecule has 0 N–H and O–H groups in total. The molecule has 0 amide bonds. The van der Waals surface area contributed by atoms with Gasteiger partial charge in [-0.25, -0.2) is 4.98 Å². The van der Waals surface area contributed by atoms with Crippen LogP contribution in [0.25, 0.3) is 0 Å². The second-order valence-corrected chi connectivity index (χ2v) is 5.50. The number of halogens is 1. The van der Waals surface area contributed by atoms with E-state index in [0.717, 1.165) is 28.1 Å².